The Morgan fingerprint density at radius 1 is 1.29 bits per heavy atom. The van der Waals surface area contributed by atoms with Crippen LogP contribution >= 0.6 is 15.9 Å². The Morgan fingerprint density at radius 2 is 2.00 bits per heavy atom. The van der Waals surface area contributed by atoms with E-state index in [-0.39, 0.29) is 6.61 Å². The highest BCUT2D eigenvalue weighted by atomic mass is 79.9. The molecule has 0 aromatic heterocycles. The number of rotatable bonds is 6. The molecule has 0 saturated heterocycles. The molecule has 2 rings (SSSR count). The molecule has 1 saturated carbocycles. The van der Waals surface area contributed by atoms with Crippen LogP contribution in [0.4, 0.5) is 0 Å². The molecule has 0 spiro atoms. The molecule has 1 aromatic rings. The molecule has 4 nitrogen and oxygen atoms in total. The van der Waals surface area contributed by atoms with E-state index >= 15 is 0 Å². The Balaban J connectivity index is 1.96. The molecule has 1 fully saturated rings. The largest absolute Gasteiger partial charge is 0.483 e. The van der Waals surface area contributed by atoms with Gasteiger partial charge in [0.25, 0.3) is 5.91 Å². The van der Waals surface area contributed by atoms with E-state index in [0.29, 0.717) is 6.04 Å². The van der Waals surface area contributed by atoms with E-state index in [1.807, 2.05) is 18.2 Å². The van der Waals surface area contributed by atoms with Crippen molar-refractivity contribution in [3.05, 3.63) is 28.2 Å². The molecule has 0 aliphatic heterocycles. The summed E-state index contributed by atoms with van der Waals surface area (Å²) in [6, 6.07) is 6.39. The van der Waals surface area contributed by atoms with Crippen LogP contribution in [0.1, 0.15) is 44.1 Å². The van der Waals surface area contributed by atoms with Crippen LogP contribution in [-0.4, -0.2) is 18.6 Å². The summed E-state index contributed by atoms with van der Waals surface area (Å²) < 4.78 is 6.49. The van der Waals surface area contributed by atoms with Gasteiger partial charge in [-0.1, -0.05) is 41.6 Å². The van der Waals surface area contributed by atoms with Crippen LogP contribution in [0.25, 0.3) is 0 Å². The fraction of sp³-hybridized carbons (Fsp3) is 0.562. The van der Waals surface area contributed by atoms with Gasteiger partial charge in [-0.15, -0.1) is 0 Å². The lowest BCUT2D eigenvalue weighted by molar-refractivity contribution is -0.119. The molecule has 3 N–H and O–H groups in total. The van der Waals surface area contributed by atoms with E-state index in [9.17, 15) is 4.79 Å². The summed E-state index contributed by atoms with van der Waals surface area (Å²) >= 11 is 3.48. The van der Waals surface area contributed by atoms with Gasteiger partial charge in [-0.2, -0.15) is 0 Å². The van der Waals surface area contributed by atoms with E-state index < -0.39 is 5.91 Å². The minimum atomic E-state index is -0.458. The van der Waals surface area contributed by atoms with Gasteiger partial charge < -0.3 is 15.8 Å². The van der Waals surface area contributed by atoms with Gasteiger partial charge in [-0.3, -0.25) is 4.79 Å². The molecule has 1 amide bonds. The predicted octanol–water partition coefficient (Wildman–Crippen LogP) is 3.13. The SMILES string of the molecule is NC(=O)COc1ccc(Br)cc1CNC1CCCCCC1. The Labute approximate surface area is 134 Å². The van der Waals surface area contributed by atoms with E-state index in [1.165, 1.54) is 38.5 Å². The number of hydrogen-bond donors (Lipinski definition) is 2. The molecular formula is C16H23BrN2O2. The molecule has 21 heavy (non-hydrogen) atoms. The van der Waals surface area contributed by atoms with Gasteiger partial charge in [0.2, 0.25) is 0 Å². The van der Waals surface area contributed by atoms with Gasteiger partial charge in [-0.25, -0.2) is 0 Å². The van der Waals surface area contributed by atoms with Crippen LogP contribution < -0.4 is 15.8 Å². The van der Waals surface area contributed by atoms with Crippen LogP contribution in [0.5, 0.6) is 5.75 Å². The molecular weight excluding hydrogens is 332 g/mol. The number of ether oxygens (including phenoxy) is 1. The fourth-order valence-electron chi connectivity index (χ4n) is 2.71. The third kappa shape index (κ3) is 5.67. The van der Waals surface area contributed by atoms with Crippen molar-refractivity contribution in [2.24, 2.45) is 5.73 Å². The fourth-order valence-corrected chi connectivity index (χ4v) is 3.12. The molecule has 0 bridgehead atoms. The number of carbonyl (C=O) groups excluding carboxylic acids is 1. The highest BCUT2D eigenvalue weighted by Gasteiger charge is 2.13. The number of primary amides is 1. The monoisotopic (exact) mass is 354 g/mol. The molecule has 0 heterocycles. The Kier molecular flexibility index (Phi) is 6.51. The first-order valence-electron chi connectivity index (χ1n) is 7.58. The van der Waals surface area contributed by atoms with Gasteiger partial charge in [-0.05, 0) is 31.0 Å². The first-order chi connectivity index (χ1) is 10.1. The molecule has 116 valence electrons. The van der Waals surface area contributed by atoms with E-state index in [1.54, 1.807) is 0 Å². The quantitative estimate of drug-likeness (QED) is 0.771. The van der Waals surface area contributed by atoms with Crippen molar-refractivity contribution in [3.63, 3.8) is 0 Å². The van der Waals surface area contributed by atoms with Crippen molar-refractivity contribution in [2.45, 2.75) is 51.1 Å². The normalized spacial score (nSPS) is 16.4. The van der Waals surface area contributed by atoms with Crippen molar-refractivity contribution < 1.29 is 9.53 Å². The lowest BCUT2D eigenvalue weighted by atomic mass is 10.1. The zero-order chi connectivity index (χ0) is 15.1. The van der Waals surface area contributed by atoms with Crippen LogP contribution in [0.2, 0.25) is 0 Å². The minimum absolute atomic E-state index is 0.0853. The number of halogens is 1. The van der Waals surface area contributed by atoms with Crippen LogP contribution in [0.15, 0.2) is 22.7 Å². The molecule has 0 atom stereocenters. The number of carbonyl (C=O) groups is 1. The number of nitrogens with two attached hydrogens (primary N) is 1. The number of amides is 1. The lowest BCUT2D eigenvalue weighted by Crippen LogP contribution is -2.28. The standard InChI is InChI=1S/C16H23BrN2O2/c17-13-7-8-15(21-11-16(18)20)12(9-13)10-19-14-5-3-1-2-4-6-14/h7-9,14,19H,1-6,10-11H2,(H2,18,20). The molecule has 0 radical (unpaired) electrons. The summed E-state index contributed by atoms with van der Waals surface area (Å²) in [5.41, 5.74) is 6.19. The van der Waals surface area contributed by atoms with Gasteiger partial charge in [0.05, 0.1) is 0 Å². The van der Waals surface area contributed by atoms with E-state index in [0.717, 1.165) is 22.3 Å². The van der Waals surface area contributed by atoms with Gasteiger partial charge in [0, 0.05) is 22.6 Å². The van der Waals surface area contributed by atoms with Crippen LogP contribution in [0, 0.1) is 0 Å². The second kappa shape index (κ2) is 8.39. The number of benzene rings is 1. The third-order valence-corrected chi connectivity index (χ3v) is 4.32. The average molecular weight is 355 g/mol. The minimum Gasteiger partial charge on any atom is -0.483 e. The summed E-state index contributed by atoms with van der Waals surface area (Å²) in [6.07, 6.45) is 7.80. The topological polar surface area (TPSA) is 64.4 Å². The summed E-state index contributed by atoms with van der Waals surface area (Å²) in [7, 11) is 0. The lowest BCUT2D eigenvalue weighted by Gasteiger charge is -2.18. The second-order valence-electron chi connectivity index (χ2n) is 5.58. The predicted molar refractivity (Wildman–Crippen MR) is 87.2 cm³/mol. The molecule has 0 unspecified atom stereocenters. The van der Waals surface area contributed by atoms with Crippen molar-refractivity contribution in [1.82, 2.24) is 5.32 Å². The number of hydrogen-bond acceptors (Lipinski definition) is 3. The van der Waals surface area contributed by atoms with Gasteiger partial charge in [0.15, 0.2) is 6.61 Å². The number of nitrogens with one attached hydrogen (secondary N) is 1. The smallest absolute Gasteiger partial charge is 0.255 e. The van der Waals surface area contributed by atoms with E-state index in [2.05, 4.69) is 21.2 Å². The Hall–Kier alpha value is -1.07. The maximum Gasteiger partial charge on any atom is 0.255 e. The first-order valence-corrected chi connectivity index (χ1v) is 8.37. The third-order valence-electron chi connectivity index (χ3n) is 3.83. The summed E-state index contributed by atoms with van der Waals surface area (Å²) in [5.74, 6) is 0.263. The van der Waals surface area contributed by atoms with Crippen molar-refractivity contribution in [1.29, 1.82) is 0 Å². The maximum atomic E-state index is 10.9. The van der Waals surface area contributed by atoms with Crippen molar-refractivity contribution in [2.75, 3.05) is 6.61 Å². The molecule has 1 aliphatic carbocycles. The zero-order valence-corrected chi connectivity index (χ0v) is 13.8. The van der Waals surface area contributed by atoms with Gasteiger partial charge >= 0.3 is 0 Å². The second-order valence-corrected chi connectivity index (χ2v) is 6.49. The maximum absolute atomic E-state index is 10.9. The zero-order valence-electron chi connectivity index (χ0n) is 12.2. The molecule has 1 aromatic carbocycles. The first kappa shape index (κ1) is 16.3. The van der Waals surface area contributed by atoms with Crippen LogP contribution in [-0.2, 0) is 11.3 Å². The van der Waals surface area contributed by atoms with Crippen molar-refractivity contribution >= 4 is 21.8 Å². The highest BCUT2D eigenvalue weighted by Crippen LogP contribution is 2.24. The average Bonchev–Trinajstić information content (AvgIpc) is 2.72. The van der Waals surface area contributed by atoms with E-state index in [4.69, 9.17) is 10.5 Å². The Morgan fingerprint density at radius 3 is 2.67 bits per heavy atom. The van der Waals surface area contributed by atoms with Gasteiger partial charge in [0.1, 0.15) is 5.75 Å². The summed E-state index contributed by atoms with van der Waals surface area (Å²) in [4.78, 5) is 10.9. The summed E-state index contributed by atoms with van der Waals surface area (Å²) in [6.45, 7) is 0.663. The highest BCUT2D eigenvalue weighted by molar-refractivity contribution is 9.10. The van der Waals surface area contributed by atoms with Crippen molar-refractivity contribution in [3.8, 4) is 5.75 Å². The summed E-state index contributed by atoms with van der Waals surface area (Å²) in [5, 5.41) is 3.62. The van der Waals surface area contributed by atoms with Crippen LogP contribution in [0.3, 0.4) is 0 Å². The molecule has 5 heteroatoms. The Bertz CT molecular complexity index is 471. The molecule has 1 aliphatic rings.